The topological polar surface area (TPSA) is 55.8 Å². The number of hydrogen-bond acceptors (Lipinski definition) is 3. The second kappa shape index (κ2) is 4.59. The highest BCUT2D eigenvalue weighted by Crippen LogP contribution is 2.15. The number of benzene rings is 1. The van der Waals surface area contributed by atoms with Gasteiger partial charge in [-0.2, -0.15) is 0 Å². The minimum Gasteiger partial charge on any atom is -0.478 e. The third-order valence-electron chi connectivity index (χ3n) is 2.38. The molecule has 0 unspecified atom stereocenters. The molecule has 1 aromatic rings. The molecule has 0 bridgehead atoms. The van der Waals surface area contributed by atoms with Gasteiger partial charge in [0.15, 0.2) is 0 Å². The van der Waals surface area contributed by atoms with E-state index in [1.54, 1.807) is 0 Å². The summed E-state index contributed by atoms with van der Waals surface area (Å²) in [5.74, 6) is -1.54. The molecule has 5 heteroatoms. The van der Waals surface area contributed by atoms with Gasteiger partial charge in [-0.3, -0.25) is 0 Å². The molecule has 4 nitrogen and oxygen atoms in total. The van der Waals surface area contributed by atoms with E-state index < -0.39 is 11.8 Å². The van der Waals surface area contributed by atoms with Gasteiger partial charge in [0.25, 0.3) is 0 Å². The van der Waals surface area contributed by atoms with Crippen LogP contribution in [0, 0.1) is 5.82 Å². The maximum absolute atomic E-state index is 13.0. The molecule has 0 saturated carbocycles. The smallest absolute Gasteiger partial charge is 0.336 e. The number of carboxylic acids is 1. The summed E-state index contributed by atoms with van der Waals surface area (Å²) in [5.41, 5.74) is 0.418. The average molecular weight is 226 g/mol. The van der Waals surface area contributed by atoms with Crippen LogP contribution >= 0.6 is 0 Å². The lowest BCUT2D eigenvalue weighted by atomic mass is 10.1. The van der Waals surface area contributed by atoms with Crippen molar-refractivity contribution in [1.82, 2.24) is 0 Å². The molecule has 0 aromatic heterocycles. The number of ether oxygens (including phenoxy) is 2. The zero-order chi connectivity index (χ0) is 11.5. The van der Waals surface area contributed by atoms with Crippen LogP contribution < -0.4 is 0 Å². The molecule has 0 aliphatic carbocycles. The minimum atomic E-state index is -1.08. The molecule has 1 aliphatic heterocycles. The molecule has 0 atom stereocenters. The first-order valence-electron chi connectivity index (χ1n) is 4.88. The van der Waals surface area contributed by atoms with Crippen LogP contribution in [-0.4, -0.2) is 30.4 Å². The number of carboxylic acid groups (broad SMARTS) is 1. The summed E-state index contributed by atoms with van der Waals surface area (Å²) in [5, 5.41) is 8.89. The highest BCUT2D eigenvalue weighted by Gasteiger charge is 2.20. The molecule has 0 radical (unpaired) electrons. The van der Waals surface area contributed by atoms with Crippen molar-refractivity contribution < 1.29 is 23.8 Å². The number of aromatic carboxylic acids is 1. The first-order valence-corrected chi connectivity index (χ1v) is 4.88. The van der Waals surface area contributed by atoms with Crippen LogP contribution in [0.3, 0.4) is 0 Å². The monoisotopic (exact) mass is 226 g/mol. The molecule has 0 amide bonds. The molecule has 1 fully saturated rings. The summed E-state index contributed by atoms with van der Waals surface area (Å²) in [6.07, 6.45) is -0.00934. The number of carbonyl (C=O) groups is 1. The van der Waals surface area contributed by atoms with Crippen molar-refractivity contribution in [2.45, 2.75) is 12.7 Å². The first kappa shape index (κ1) is 11.0. The quantitative estimate of drug-likeness (QED) is 0.844. The fourth-order valence-electron chi connectivity index (χ4n) is 1.41. The van der Waals surface area contributed by atoms with Crippen molar-refractivity contribution in [3.05, 3.63) is 35.1 Å². The summed E-state index contributed by atoms with van der Waals surface area (Å²) in [6.45, 7) is 1.11. The molecule has 1 N–H and O–H groups in total. The summed E-state index contributed by atoms with van der Waals surface area (Å²) in [4.78, 5) is 10.9. The highest BCUT2D eigenvalue weighted by molar-refractivity contribution is 5.89. The Balaban J connectivity index is 2.09. The Bertz CT molecular complexity index is 401. The van der Waals surface area contributed by atoms with E-state index >= 15 is 0 Å². The highest BCUT2D eigenvalue weighted by atomic mass is 19.1. The van der Waals surface area contributed by atoms with Gasteiger partial charge < -0.3 is 14.6 Å². The largest absolute Gasteiger partial charge is 0.478 e. The summed E-state index contributed by atoms with van der Waals surface area (Å²) in [7, 11) is 0. The van der Waals surface area contributed by atoms with Crippen molar-refractivity contribution in [2.75, 3.05) is 13.2 Å². The SMILES string of the molecule is O=C(O)c1ccc(F)cc1COC1COC1. The molecule has 0 spiro atoms. The maximum atomic E-state index is 13.0. The number of rotatable bonds is 4. The van der Waals surface area contributed by atoms with Crippen molar-refractivity contribution in [2.24, 2.45) is 0 Å². The van der Waals surface area contributed by atoms with Crippen LogP contribution in [0.5, 0.6) is 0 Å². The van der Waals surface area contributed by atoms with Gasteiger partial charge in [0.1, 0.15) is 11.9 Å². The van der Waals surface area contributed by atoms with E-state index in [0.717, 1.165) is 6.07 Å². The second-order valence-electron chi connectivity index (χ2n) is 3.58. The summed E-state index contributed by atoms with van der Waals surface area (Å²) in [6, 6.07) is 3.55. The molecule has 2 rings (SSSR count). The van der Waals surface area contributed by atoms with E-state index in [2.05, 4.69) is 0 Å². The first-order chi connectivity index (χ1) is 7.66. The van der Waals surface area contributed by atoms with Crippen molar-refractivity contribution in [3.63, 3.8) is 0 Å². The van der Waals surface area contributed by atoms with E-state index in [9.17, 15) is 9.18 Å². The van der Waals surface area contributed by atoms with E-state index in [1.165, 1.54) is 12.1 Å². The zero-order valence-electron chi connectivity index (χ0n) is 8.48. The van der Waals surface area contributed by atoms with Gasteiger partial charge in [-0.1, -0.05) is 0 Å². The molecular formula is C11H11FO4. The zero-order valence-corrected chi connectivity index (χ0v) is 8.48. The lowest BCUT2D eigenvalue weighted by Gasteiger charge is -2.26. The van der Waals surface area contributed by atoms with E-state index in [0.29, 0.717) is 18.8 Å². The predicted octanol–water partition coefficient (Wildman–Crippen LogP) is 1.44. The second-order valence-corrected chi connectivity index (χ2v) is 3.58. The Morgan fingerprint density at radius 2 is 2.31 bits per heavy atom. The van der Waals surface area contributed by atoms with Gasteiger partial charge in [-0.25, -0.2) is 9.18 Å². The lowest BCUT2D eigenvalue weighted by molar-refractivity contribution is -0.135. The summed E-state index contributed by atoms with van der Waals surface area (Å²) >= 11 is 0. The molecular weight excluding hydrogens is 215 g/mol. The average Bonchev–Trinajstić information content (AvgIpc) is 2.14. The molecule has 1 aliphatic rings. The third-order valence-corrected chi connectivity index (χ3v) is 2.38. The Morgan fingerprint density at radius 3 is 2.88 bits per heavy atom. The van der Waals surface area contributed by atoms with Gasteiger partial charge in [-0.15, -0.1) is 0 Å². The van der Waals surface area contributed by atoms with Crippen LogP contribution in [-0.2, 0) is 16.1 Å². The molecule has 1 heterocycles. The standard InChI is InChI=1S/C11H11FO4/c12-8-1-2-10(11(13)14)7(3-8)4-16-9-5-15-6-9/h1-3,9H,4-6H2,(H,13,14). The van der Waals surface area contributed by atoms with Gasteiger partial charge in [0.05, 0.1) is 25.4 Å². The third kappa shape index (κ3) is 2.37. The van der Waals surface area contributed by atoms with E-state index in [-0.39, 0.29) is 18.3 Å². The van der Waals surface area contributed by atoms with Crippen LogP contribution in [0.15, 0.2) is 18.2 Å². The predicted molar refractivity (Wildman–Crippen MR) is 52.8 cm³/mol. The Kier molecular flexibility index (Phi) is 3.17. The van der Waals surface area contributed by atoms with Crippen LogP contribution in [0.2, 0.25) is 0 Å². The summed E-state index contributed by atoms with van der Waals surface area (Å²) < 4.78 is 23.2. The Hall–Kier alpha value is -1.46. The fraction of sp³-hybridized carbons (Fsp3) is 0.364. The molecule has 86 valence electrons. The van der Waals surface area contributed by atoms with Crippen molar-refractivity contribution in [3.8, 4) is 0 Å². The Labute approximate surface area is 91.6 Å². The lowest BCUT2D eigenvalue weighted by Crippen LogP contribution is -2.35. The van der Waals surface area contributed by atoms with E-state index in [1.807, 2.05) is 0 Å². The number of hydrogen-bond donors (Lipinski definition) is 1. The van der Waals surface area contributed by atoms with E-state index in [4.69, 9.17) is 14.6 Å². The molecule has 1 saturated heterocycles. The van der Waals surface area contributed by atoms with Gasteiger partial charge >= 0.3 is 5.97 Å². The fourth-order valence-corrected chi connectivity index (χ4v) is 1.41. The molecule has 1 aromatic carbocycles. The van der Waals surface area contributed by atoms with Gasteiger partial charge in [0, 0.05) is 0 Å². The van der Waals surface area contributed by atoms with Gasteiger partial charge in [0.2, 0.25) is 0 Å². The maximum Gasteiger partial charge on any atom is 0.336 e. The van der Waals surface area contributed by atoms with Crippen molar-refractivity contribution in [1.29, 1.82) is 0 Å². The molecule has 16 heavy (non-hydrogen) atoms. The minimum absolute atomic E-state index is 0.00934. The van der Waals surface area contributed by atoms with Crippen LogP contribution in [0.1, 0.15) is 15.9 Å². The Morgan fingerprint density at radius 1 is 1.56 bits per heavy atom. The van der Waals surface area contributed by atoms with Gasteiger partial charge in [-0.05, 0) is 23.8 Å². The number of halogens is 1. The van der Waals surface area contributed by atoms with Crippen LogP contribution in [0.25, 0.3) is 0 Å². The van der Waals surface area contributed by atoms with Crippen LogP contribution in [0.4, 0.5) is 4.39 Å². The van der Waals surface area contributed by atoms with Crippen molar-refractivity contribution >= 4 is 5.97 Å². The normalized spacial score (nSPS) is 15.8.